The molecule has 0 radical (unpaired) electrons. The van der Waals surface area contributed by atoms with Gasteiger partial charge in [-0.3, -0.25) is 4.79 Å². The minimum atomic E-state index is -3.17. The van der Waals surface area contributed by atoms with Gasteiger partial charge >= 0.3 is 0 Å². The molecule has 1 aliphatic rings. The van der Waals surface area contributed by atoms with Crippen LogP contribution in [0.1, 0.15) is 23.3 Å². The van der Waals surface area contributed by atoms with E-state index in [9.17, 15) is 13.2 Å². The highest BCUT2D eigenvalue weighted by Crippen LogP contribution is 2.24. The zero-order chi connectivity index (χ0) is 18.9. The number of imidazole rings is 1. The predicted octanol–water partition coefficient (Wildman–Crippen LogP) is 1.56. The molecule has 8 heteroatoms. The smallest absolute Gasteiger partial charge is 0.272 e. The van der Waals surface area contributed by atoms with Gasteiger partial charge in [0.25, 0.3) is 5.91 Å². The molecule has 140 valence electrons. The molecule has 7 nitrogen and oxygen atoms in total. The largest absolute Gasteiger partial charge is 0.371 e. The third-order valence-electron chi connectivity index (χ3n) is 5.00. The van der Waals surface area contributed by atoms with Crippen LogP contribution in [0.5, 0.6) is 0 Å². The molecule has 0 saturated carbocycles. The molecule has 3 rings (SSSR count). The van der Waals surface area contributed by atoms with Crippen molar-refractivity contribution in [2.75, 3.05) is 31.3 Å². The number of hydrogen-bond acceptors (Lipinski definition) is 5. The maximum absolute atomic E-state index is 12.6. The number of nitrogens with zero attached hydrogens (tertiary/aromatic N) is 4. The van der Waals surface area contributed by atoms with E-state index in [1.807, 2.05) is 26.2 Å². The number of sulfone groups is 1. The van der Waals surface area contributed by atoms with Gasteiger partial charge < -0.3 is 14.4 Å². The van der Waals surface area contributed by atoms with E-state index in [1.165, 1.54) is 6.26 Å². The number of piperidine rings is 1. The van der Waals surface area contributed by atoms with Crippen molar-refractivity contribution in [3.63, 3.8) is 0 Å². The third-order valence-corrected chi connectivity index (χ3v) is 6.13. The number of hydrogen-bond donors (Lipinski definition) is 0. The topological polar surface area (TPSA) is 75.5 Å². The number of carbonyl (C=O) groups is 1. The molecular formula is C18H24N4O3S. The fourth-order valence-corrected chi connectivity index (χ4v) is 3.96. The second-order valence-corrected chi connectivity index (χ2v) is 8.81. The highest BCUT2D eigenvalue weighted by atomic mass is 32.2. The molecule has 26 heavy (non-hydrogen) atoms. The van der Waals surface area contributed by atoms with Gasteiger partial charge in [-0.2, -0.15) is 0 Å². The Hall–Kier alpha value is -2.35. The Morgan fingerprint density at radius 3 is 2.31 bits per heavy atom. The average Bonchev–Trinajstić information content (AvgIpc) is 3.06. The first kappa shape index (κ1) is 18.4. The summed E-state index contributed by atoms with van der Waals surface area (Å²) < 4.78 is 24.9. The molecule has 0 aliphatic carbocycles. The zero-order valence-corrected chi connectivity index (χ0v) is 16.1. The summed E-state index contributed by atoms with van der Waals surface area (Å²) >= 11 is 0. The summed E-state index contributed by atoms with van der Waals surface area (Å²) in [5, 5.41) is 0. The summed E-state index contributed by atoms with van der Waals surface area (Å²) in [4.78, 5) is 21.0. The van der Waals surface area contributed by atoms with Gasteiger partial charge in [0.1, 0.15) is 5.69 Å². The van der Waals surface area contributed by atoms with E-state index in [0.29, 0.717) is 10.6 Å². The number of rotatable bonds is 4. The summed E-state index contributed by atoms with van der Waals surface area (Å²) in [5.41, 5.74) is 1.60. The van der Waals surface area contributed by atoms with E-state index in [0.717, 1.165) is 31.6 Å². The van der Waals surface area contributed by atoms with E-state index in [1.54, 1.807) is 34.1 Å². The van der Waals surface area contributed by atoms with Crippen molar-refractivity contribution in [3.05, 3.63) is 42.5 Å². The van der Waals surface area contributed by atoms with Crippen LogP contribution >= 0.6 is 0 Å². The number of aryl methyl sites for hydroxylation is 1. The second-order valence-electron chi connectivity index (χ2n) is 6.79. The molecular weight excluding hydrogens is 352 g/mol. The molecule has 1 aromatic carbocycles. The quantitative estimate of drug-likeness (QED) is 0.810. The first-order valence-corrected chi connectivity index (χ1v) is 10.4. The van der Waals surface area contributed by atoms with Gasteiger partial charge in [-0.1, -0.05) is 0 Å². The van der Waals surface area contributed by atoms with Crippen LogP contribution in [0.4, 0.5) is 5.69 Å². The first-order valence-electron chi connectivity index (χ1n) is 8.56. The molecule has 1 aromatic heterocycles. The van der Waals surface area contributed by atoms with Crippen molar-refractivity contribution in [2.24, 2.45) is 7.05 Å². The number of aromatic nitrogens is 2. The van der Waals surface area contributed by atoms with Gasteiger partial charge in [0.15, 0.2) is 9.84 Å². The summed E-state index contributed by atoms with van der Waals surface area (Å²) in [6.45, 7) is 1.65. The van der Waals surface area contributed by atoms with Gasteiger partial charge in [-0.05, 0) is 37.1 Å². The Bertz CT molecular complexity index is 881. The summed E-state index contributed by atoms with van der Waals surface area (Å²) in [5.74, 6) is -0.0130. The van der Waals surface area contributed by atoms with Crippen molar-refractivity contribution in [3.8, 4) is 0 Å². The Balaban J connectivity index is 1.62. The normalized spacial score (nSPS) is 15.9. The van der Waals surface area contributed by atoms with Gasteiger partial charge in [0, 0.05) is 45.2 Å². The van der Waals surface area contributed by atoms with E-state index in [2.05, 4.69) is 9.88 Å². The maximum atomic E-state index is 12.6. The van der Waals surface area contributed by atoms with Crippen LogP contribution in [0.2, 0.25) is 0 Å². The van der Waals surface area contributed by atoms with Crippen LogP contribution in [0.15, 0.2) is 41.7 Å². The lowest BCUT2D eigenvalue weighted by Crippen LogP contribution is -2.46. The van der Waals surface area contributed by atoms with E-state index >= 15 is 0 Å². The minimum absolute atomic E-state index is 0.0130. The molecule has 1 saturated heterocycles. The van der Waals surface area contributed by atoms with Crippen LogP contribution in [0, 0.1) is 0 Å². The Kier molecular flexibility index (Phi) is 5.04. The van der Waals surface area contributed by atoms with Crippen molar-refractivity contribution >= 4 is 21.4 Å². The molecule has 2 heterocycles. The fourth-order valence-electron chi connectivity index (χ4n) is 3.33. The van der Waals surface area contributed by atoms with Gasteiger partial charge in [-0.25, -0.2) is 13.4 Å². The lowest BCUT2D eigenvalue weighted by molar-refractivity contribution is 0.0699. The Morgan fingerprint density at radius 1 is 1.19 bits per heavy atom. The number of benzene rings is 1. The van der Waals surface area contributed by atoms with Crippen LogP contribution in [0.3, 0.4) is 0 Å². The van der Waals surface area contributed by atoms with Crippen molar-refractivity contribution < 1.29 is 13.2 Å². The third kappa shape index (κ3) is 3.75. The maximum Gasteiger partial charge on any atom is 0.272 e. The number of amides is 1. The summed E-state index contributed by atoms with van der Waals surface area (Å²) in [7, 11) is 0.485. The molecule has 0 unspecified atom stereocenters. The highest BCUT2D eigenvalue weighted by Gasteiger charge is 2.27. The molecule has 0 bridgehead atoms. The van der Waals surface area contributed by atoms with Crippen LogP contribution < -0.4 is 4.90 Å². The van der Waals surface area contributed by atoms with E-state index in [4.69, 9.17) is 0 Å². The summed E-state index contributed by atoms with van der Waals surface area (Å²) in [6, 6.07) is 7.18. The van der Waals surface area contributed by atoms with Crippen LogP contribution in [-0.4, -0.2) is 61.2 Å². The molecule has 1 fully saturated rings. The van der Waals surface area contributed by atoms with Crippen molar-refractivity contribution in [1.82, 2.24) is 14.5 Å². The molecule has 0 spiro atoms. The SMILES string of the molecule is CN(C(=O)c1cncn1C)C1CCN(c2ccc(S(C)(=O)=O)cc2)CC1. The van der Waals surface area contributed by atoms with Crippen LogP contribution in [0.25, 0.3) is 0 Å². The van der Waals surface area contributed by atoms with Crippen molar-refractivity contribution in [2.45, 2.75) is 23.8 Å². The zero-order valence-electron chi connectivity index (χ0n) is 15.3. The van der Waals surface area contributed by atoms with Gasteiger partial charge in [0.2, 0.25) is 0 Å². The number of carbonyl (C=O) groups excluding carboxylic acids is 1. The highest BCUT2D eigenvalue weighted by molar-refractivity contribution is 7.90. The van der Waals surface area contributed by atoms with E-state index in [-0.39, 0.29) is 11.9 Å². The molecule has 1 aliphatic heterocycles. The van der Waals surface area contributed by atoms with Crippen LogP contribution in [-0.2, 0) is 16.9 Å². The first-order chi connectivity index (χ1) is 12.3. The van der Waals surface area contributed by atoms with E-state index < -0.39 is 9.84 Å². The second kappa shape index (κ2) is 7.11. The fraction of sp³-hybridized carbons (Fsp3) is 0.444. The molecule has 0 atom stereocenters. The lowest BCUT2D eigenvalue weighted by Gasteiger charge is -2.37. The molecule has 2 aromatic rings. The van der Waals surface area contributed by atoms with Crippen molar-refractivity contribution in [1.29, 1.82) is 0 Å². The average molecular weight is 376 g/mol. The monoisotopic (exact) mass is 376 g/mol. The Morgan fingerprint density at radius 2 is 1.81 bits per heavy atom. The minimum Gasteiger partial charge on any atom is -0.371 e. The van der Waals surface area contributed by atoms with Gasteiger partial charge in [-0.15, -0.1) is 0 Å². The summed E-state index contributed by atoms with van der Waals surface area (Å²) in [6.07, 6.45) is 6.17. The predicted molar refractivity (Wildman–Crippen MR) is 100 cm³/mol. The lowest BCUT2D eigenvalue weighted by atomic mass is 10.0. The van der Waals surface area contributed by atoms with Gasteiger partial charge in [0.05, 0.1) is 17.4 Å². The molecule has 0 N–H and O–H groups in total. The molecule has 1 amide bonds. The number of anilines is 1. The standard InChI is InChI=1S/C18H24N4O3S/c1-20-13-19-12-17(20)18(23)21(2)14-8-10-22(11-9-14)15-4-6-16(7-5-15)26(3,24)25/h4-7,12-14H,8-11H2,1-3H3. The Labute approximate surface area is 154 Å².